The zero-order chi connectivity index (χ0) is 16.6. The lowest BCUT2D eigenvalue weighted by Gasteiger charge is -2.03. The molecule has 1 N–H and O–H groups in total. The second-order valence-corrected chi connectivity index (χ2v) is 6.08. The van der Waals surface area contributed by atoms with Gasteiger partial charge in [0.15, 0.2) is 5.58 Å². The SMILES string of the molecule is Cc1cc(NC(=O)CCl)cc2nc(-c3ccc(Cl)cc3Cl)oc12. The fraction of sp³-hybridized carbons (Fsp3) is 0.125. The van der Waals surface area contributed by atoms with E-state index in [0.717, 1.165) is 5.56 Å². The van der Waals surface area contributed by atoms with Gasteiger partial charge in [0, 0.05) is 10.7 Å². The molecule has 0 bridgehead atoms. The zero-order valence-corrected chi connectivity index (χ0v) is 14.3. The highest BCUT2D eigenvalue weighted by atomic mass is 35.5. The van der Waals surface area contributed by atoms with Crippen LogP contribution in [0.15, 0.2) is 34.7 Å². The molecule has 4 nitrogen and oxygen atoms in total. The summed E-state index contributed by atoms with van der Waals surface area (Å²) in [7, 11) is 0. The van der Waals surface area contributed by atoms with E-state index in [1.165, 1.54) is 0 Å². The van der Waals surface area contributed by atoms with Crippen molar-refractivity contribution in [3.63, 3.8) is 0 Å². The van der Waals surface area contributed by atoms with Crippen LogP contribution in [-0.4, -0.2) is 16.8 Å². The van der Waals surface area contributed by atoms with Crippen LogP contribution in [0.25, 0.3) is 22.6 Å². The van der Waals surface area contributed by atoms with Crippen LogP contribution in [-0.2, 0) is 4.79 Å². The Hall–Kier alpha value is -1.75. The highest BCUT2D eigenvalue weighted by Gasteiger charge is 2.14. The van der Waals surface area contributed by atoms with E-state index in [1.807, 2.05) is 6.92 Å². The summed E-state index contributed by atoms with van der Waals surface area (Å²) in [5, 5.41) is 3.69. The Morgan fingerprint density at radius 2 is 2.04 bits per heavy atom. The van der Waals surface area contributed by atoms with Gasteiger partial charge in [-0.3, -0.25) is 4.79 Å². The van der Waals surface area contributed by atoms with Gasteiger partial charge in [0.25, 0.3) is 0 Å². The monoisotopic (exact) mass is 368 g/mol. The second-order valence-electron chi connectivity index (χ2n) is 4.97. The van der Waals surface area contributed by atoms with Gasteiger partial charge in [-0.15, -0.1) is 11.6 Å². The van der Waals surface area contributed by atoms with Crippen molar-refractivity contribution in [2.45, 2.75) is 6.92 Å². The molecule has 0 unspecified atom stereocenters. The van der Waals surface area contributed by atoms with E-state index in [-0.39, 0.29) is 11.8 Å². The molecule has 0 aliphatic carbocycles. The van der Waals surface area contributed by atoms with Gasteiger partial charge in [0.2, 0.25) is 11.8 Å². The van der Waals surface area contributed by atoms with E-state index >= 15 is 0 Å². The third kappa shape index (κ3) is 3.29. The number of carbonyl (C=O) groups is 1. The van der Waals surface area contributed by atoms with Crippen molar-refractivity contribution in [2.24, 2.45) is 0 Å². The number of oxazole rings is 1. The number of anilines is 1. The minimum atomic E-state index is -0.283. The Balaban J connectivity index is 2.08. The first-order valence-corrected chi connectivity index (χ1v) is 7.99. The summed E-state index contributed by atoms with van der Waals surface area (Å²) in [5.74, 6) is 0.00195. The number of aromatic nitrogens is 1. The summed E-state index contributed by atoms with van der Waals surface area (Å²) in [6, 6.07) is 8.62. The maximum Gasteiger partial charge on any atom is 0.239 e. The number of alkyl halides is 1. The van der Waals surface area contributed by atoms with Crippen molar-refractivity contribution in [2.75, 3.05) is 11.2 Å². The highest BCUT2D eigenvalue weighted by molar-refractivity contribution is 6.36. The standard InChI is InChI=1S/C16H11Cl3N2O2/c1-8-4-10(20-14(22)7-17)6-13-15(8)23-16(21-13)11-3-2-9(18)5-12(11)19/h2-6H,7H2,1H3,(H,20,22). The Kier molecular flexibility index (Phi) is 4.48. The molecule has 1 heterocycles. The number of hydrogen-bond donors (Lipinski definition) is 1. The van der Waals surface area contributed by atoms with Crippen molar-refractivity contribution >= 4 is 57.5 Å². The molecule has 0 spiro atoms. The number of nitrogens with zero attached hydrogens (tertiary/aromatic N) is 1. The van der Waals surface area contributed by atoms with Gasteiger partial charge < -0.3 is 9.73 Å². The first-order valence-electron chi connectivity index (χ1n) is 6.70. The van der Waals surface area contributed by atoms with Crippen LogP contribution >= 0.6 is 34.8 Å². The number of fused-ring (bicyclic) bond motifs is 1. The average Bonchev–Trinajstić information content (AvgIpc) is 2.91. The summed E-state index contributed by atoms with van der Waals surface area (Å²) >= 11 is 17.6. The molecule has 0 radical (unpaired) electrons. The number of benzene rings is 2. The quantitative estimate of drug-likeness (QED) is 0.638. The number of rotatable bonds is 3. The first-order chi connectivity index (χ1) is 11.0. The van der Waals surface area contributed by atoms with Gasteiger partial charge in [0.05, 0.1) is 10.6 Å². The fourth-order valence-electron chi connectivity index (χ4n) is 2.24. The van der Waals surface area contributed by atoms with Crippen molar-refractivity contribution in [3.8, 4) is 11.5 Å². The Morgan fingerprint density at radius 1 is 1.26 bits per heavy atom. The molecule has 1 amide bonds. The van der Waals surface area contributed by atoms with Gasteiger partial charge in [-0.05, 0) is 42.8 Å². The minimum absolute atomic E-state index is 0.110. The molecule has 0 saturated carbocycles. The molecule has 2 aromatic carbocycles. The Labute approximate surface area is 147 Å². The van der Waals surface area contributed by atoms with Gasteiger partial charge in [-0.2, -0.15) is 0 Å². The number of aryl methyl sites for hydroxylation is 1. The number of nitrogens with one attached hydrogen (secondary N) is 1. The summed E-state index contributed by atoms with van der Waals surface area (Å²) < 4.78 is 5.81. The smallest absolute Gasteiger partial charge is 0.239 e. The third-order valence-electron chi connectivity index (χ3n) is 3.24. The second kappa shape index (κ2) is 6.40. The van der Waals surface area contributed by atoms with Gasteiger partial charge in [0.1, 0.15) is 11.4 Å². The van der Waals surface area contributed by atoms with E-state index < -0.39 is 0 Å². The van der Waals surface area contributed by atoms with Crippen molar-refractivity contribution in [1.29, 1.82) is 0 Å². The number of carbonyl (C=O) groups excluding carboxylic acids is 1. The minimum Gasteiger partial charge on any atom is -0.436 e. The maximum atomic E-state index is 11.4. The molecular formula is C16H11Cl3N2O2. The van der Waals surface area contributed by atoms with Crippen LogP contribution in [0.4, 0.5) is 5.69 Å². The van der Waals surface area contributed by atoms with Crippen molar-refractivity contribution < 1.29 is 9.21 Å². The summed E-state index contributed by atoms with van der Waals surface area (Å²) in [5.41, 5.74) is 3.36. The molecule has 0 saturated heterocycles. The van der Waals surface area contributed by atoms with Crippen molar-refractivity contribution in [1.82, 2.24) is 4.98 Å². The largest absolute Gasteiger partial charge is 0.436 e. The molecule has 118 valence electrons. The zero-order valence-electron chi connectivity index (χ0n) is 12.0. The molecule has 23 heavy (non-hydrogen) atoms. The van der Waals surface area contributed by atoms with E-state index in [4.69, 9.17) is 39.2 Å². The summed E-state index contributed by atoms with van der Waals surface area (Å²) in [6.07, 6.45) is 0. The van der Waals surface area contributed by atoms with Crippen LogP contribution in [0.5, 0.6) is 0 Å². The third-order valence-corrected chi connectivity index (χ3v) is 4.03. The Morgan fingerprint density at radius 3 is 2.74 bits per heavy atom. The lowest BCUT2D eigenvalue weighted by atomic mass is 10.2. The van der Waals surface area contributed by atoms with Gasteiger partial charge >= 0.3 is 0 Å². The molecule has 0 aliphatic rings. The fourth-order valence-corrected chi connectivity index (χ4v) is 2.80. The number of amides is 1. The topological polar surface area (TPSA) is 55.1 Å². The Bertz CT molecular complexity index is 906. The van der Waals surface area contributed by atoms with Crippen LogP contribution < -0.4 is 5.32 Å². The number of halogens is 3. The number of hydrogen-bond acceptors (Lipinski definition) is 3. The van der Waals surface area contributed by atoms with E-state index in [2.05, 4.69) is 10.3 Å². The molecule has 3 aromatic rings. The molecule has 3 rings (SSSR count). The van der Waals surface area contributed by atoms with Crippen LogP contribution in [0.3, 0.4) is 0 Å². The average molecular weight is 370 g/mol. The predicted octanol–water partition coefficient (Wildman–Crippen LogP) is 5.29. The lowest BCUT2D eigenvalue weighted by molar-refractivity contribution is -0.113. The summed E-state index contributed by atoms with van der Waals surface area (Å²) in [6.45, 7) is 1.87. The molecule has 0 aliphatic heterocycles. The predicted molar refractivity (Wildman–Crippen MR) is 93.6 cm³/mol. The molecule has 0 atom stereocenters. The molecular weight excluding hydrogens is 359 g/mol. The highest BCUT2D eigenvalue weighted by Crippen LogP contribution is 2.33. The van der Waals surface area contributed by atoms with E-state index in [1.54, 1.807) is 30.3 Å². The lowest BCUT2D eigenvalue weighted by Crippen LogP contribution is -2.12. The first kappa shape index (κ1) is 16.1. The molecule has 1 aromatic heterocycles. The van der Waals surface area contributed by atoms with Crippen LogP contribution in [0.2, 0.25) is 10.0 Å². The van der Waals surface area contributed by atoms with Gasteiger partial charge in [-0.25, -0.2) is 4.98 Å². The van der Waals surface area contributed by atoms with Crippen LogP contribution in [0.1, 0.15) is 5.56 Å². The maximum absolute atomic E-state index is 11.4. The van der Waals surface area contributed by atoms with Gasteiger partial charge in [-0.1, -0.05) is 23.2 Å². The summed E-state index contributed by atoms with van der Waals surface area (Å²) in [4.78, 5) is 15.9. The van der Waals surface area contributed by atoms with Crippen LogP contribution in [0, 0.1) is 6.92 Å². The van der Waals surface area contributed by atoms with E-state index in [0.29, 0.717) is 38.3 Å². The van der Waals surface area contributed by atoms with E-state index in [9.17, 15) is 4.79 Å². The molecule has 0 fully saturated rings. The normalized spacial score (nSPS) is 11.0. The molecule has 7 heteroatoms. The van der Waals surface area contributed by atoms with Crippen molar-refractivity contribution in [3.05, 3.63) is 45.9 Å².